The molecule has 1 atom stereocenters. The van der Waals surface area contributed by atoms with E-state index in [0.29, 0.717) is 0 Å². The van der Waals surface area contributed by atoms with E-state index < -0.39 is 32.3 Å². The fraction of sp³-hybridized carbons (Fsp3) is 0.500. The molecule has 0 saturated carbocycles. The molecule has 76 valence electrons. The number of carboxylic acids is 2. The van der Waals surface area contributed by atoms with Gasteiger partial charge in [0.25, 0.3) is 0 Å². The molecule has 0 unspecified atom stereocenters. The van der Waals surface area contributed by atoms with Crippen LogP contribution in [0.5, 0.6) is 0 Å². The second-order valence-electron chi connectivity index (χ2n) is 2.02. The molecule has 0 aromatic carbocycles. The van der Waals surface area contributed by atoms with Crippen molar-refractivity contribution in [3.05, 3.63) is 0 Å². The molecule has 0 amide bonds. The van der Waals surface area contributed by atoms with Gasteiger partial charge in [0.15, 0.2) is 6.10 Å². The van der Waals surface area contributed by atoms with E-state index in [0.717, 1.165) is 0 Å². The molecule has 0 spiro atoms. The third-order valence-corrected chi connectivity index (χ3v) is 1.43. The molecule has 0 heterocycles. The lowest BCUT2D eigenvalue weighted by atomic mass is 10.3. The number of carboxylic acid groups (broad SMARTS) is 2. The summed E-state index contributed by atoms with van der Waals surface area (Å²) in [4.78, 5) is 36.5. The molecule has 13 heavy (non-hydrogen) atoms. The molecule has 0 aromatic heterocycles. The molecule has 0 aliphatic rings. The Balaban J connectivity index is 4.36. The molecular weight excluding hydrogens is 207 g/mol. The maximum atomic E-state index is 10.2. The molecule has 0 fully saturated rings. The summed E-state index contributed by atoms with van der Waals surface area (Å²) in [5.41, 5.74) is 0. The lowest BCUT2D eigenvalue weighted by molar-refractivity contribution is -0.152. The number of phosphoric ester groups is 1. The Labute approximate surface area is 72.0 Å². The van der Waals surface area contributed by atoms with Gasteiger partial charge in [-0.05, 0) is 0 Å². The van der Waals surface area contributed by atoms with Crippen molar-refractivity contribution in [1.82, 2.24) is 0 Å². The Morgan fingerprint density at radius 3 is 2.00 bits per heavy atom. The van der Waals surface area contributed by atoms with Crippen LogP contribution in [-0.4, -0.2) is 38.0 Å². The van der Waals surface area contributed by atoms with Crippen molar-refractivity contribution in [1.29, 1.82) is 0 Å². The highest BCUT2D eigenvalue weighted by molar-refractivity contribution is 7.46. The second-order valence-corrected chi connectivity index (χ2v) is 3.21. The summed E-state index contributed by atoms with van der Waals surface area (Å²) < 4.78 is 13.8. The van der Waals surface area contributed by atoms with Crippen LogP contribution in [0, 0.1) is 0 Å². The summed E-state index contributed by atoms with van der Waals surface area (Å²) in [6.45, 7) is 0. The van der Waals surface area contributed by atoms with Gasteiger partial charge < -0.3 is 20.0 Å². The van der Waals surface area contributed by atoms with E-state index in [-0.39, 0.29) is 0 Å². The lowest BCUT2D eigenvalue weighted by Crippen LogP contribution is -2.25. The minimum absolute atomic E-state index is 1.01. The van der Waals surface area contributed by atoms with E-state index in [2.05, 4.69) is 4.52 Å². The van der Waals surface area contributed by atoms with Crippen LogP contribution in [0.25, 0.3) is 0 Å². The highest BCUT2D eigenvalue weighted by Crippen LogP contribution is 2.38. The van der Waals surface area contributed by atoms with Crippen LogP contribution >= 0.6 is 7.82 Å². The van der Waals surface area contributed by atoms with Gasteiger partial charge in [-0.1, -0.05) is 0 Å². The van der Waals surface area contributed by atoms with Crippen molar-refractivity contribution in [2.45, 2.75) is 12.5 Å². The van der Waals surface area contributed by atoms with Crippen molar-refractivity contribution in [2.75, 3.05) is 0 Å². The van der Waals surface area contributed by atoms with E-state index in [9.17, 15) is 14.2 Å². The van der Waals surface area contributed by atoms with Gasteiger partial charge in [-0.15, -0.1) is 0 Å². The molecule has 4 N–H and O–H groups in total. The number of rotatable bonds is 5. The maximum Gasteiger partial charge on any atom is 0.470 e. The van der Waals surface area contributed by atoms with E-state index >= 15 is 0 Å². The minimum Gasteiger partial charge on any atom is -0.481 e. The fourth-order valence-corrected chi connectivity index (χ4v) is 0.990. The summed E-state index contributed by atoms with van der Waals surface area (Å²) in [6.07, 6.45) is -3.06. The predicted octanol–water partition coefficient (Wildman–Crippen LogP) is -0.976. The Morgan fingerprint density at radius 1 is 1.31 bits per heavy atom. The molecule has 0 aromatic rings. The number of aliphatic carboxylic acids is 2. The average Bonchev–Trinajstić information content (AvgIpc) is 1.81. The molecule has 8 nitrogen and oxygen atoms in total. The molecule has 0 radical (unpaired) electrons. The molecule has 0 saturated heterocycles. The van der Waals surface area contributed by atoms with Gasteiger partial charge in [0.2, 0.25) is 0 Å². The van der Waals surface area contributed by atoms with Crippen molar-refractivity contribution in [3.8, 4) is 0 Å². The number of carbonyl (C=O) groups is 2. The van der Waals surface area contributed by atoms with Crippen molar-refractivity contribution in [3.63, 3.8) is 0 Å². The van der Waals surface area contributed by atoms with Crippen molar-refractivity contribution >= 4 is 19.8 Å². The van der Waals surface area contributed by atoms with Crippen LogP contribution in [0.2, 0.25) is 0 Å². The van der Waals surface area contributed by atoms with Crippen LogP contribution in [-0.2, 0) is 18.7 Å². The van der Waals surface area contributed by atoms with E-state index in [1.807, 2.05) is 0 Å². The van der Waals surface area contributed by atoms with Gasteiger partial charge in [-0.3, -0.25) is 9.32 Å². The topological polar surface area (TPSA) is 141 Å². The first-order valence-corrected chi connectivity index (χ1v) is 4.44. The van der Waals surface area contributed by atoms with Gasteiger partial charge in [0.05, 0.1) is 6.42 Å². The highest BCUT2D eigenvalue weighted by Gasteiger charge is 2.29. The third-order valence-electron chi connectivity index (χ3n) is 0.900. The number of hydrogen-bond donors (Lipinski definition) is 4. The van der Waals surface area contributed by atoms with Gasteiger partial charge in [-0.2, -0.15) is 0 Å². The van der Waals surface area contributed by atoms with Crippen LogP contribution in [0.4, 0.5) is 0 Å². The first-order valence-electron chi connectivity index (χ1n) is 2.91. The van der Waals surface area contributed by atoms with E-state index in [4.69, 9.17) is 20.0 Å². The van der Waals surface area contributed by atoms with Crippen LogP contribution in [0.3, 0.4) is 0 Å². The van der Waals surface area contributed by atoms with Gasteiger partial charge in [0, 0.05) is 0 Å². The SMILES string of the molecule is O=C(O)C[C@H](OP(=O)(O)O)C(=O)O. The Morgan fingerprint density at radius 2 is 1.77 bits per heavy atom. The van der Waals surface area contributed by atoms with Crippen molar-refractivity contribution in [2.24, 2.45) is 0 Å². The maximum absolute atomic E-state index is 10.2. The zero-order chi connectivity index (χ0) is 10.6. The molecular formula is C4H7O8P. The lowest BCUT2D eigenvalue weighted by Gasteiger charge is -2.11. The fourth-order valence-electron chi connectivity index (χ4n) is 0.494. The Bertz CT molecular complexity index is 253. The van der Waals surface area contributed by atoms with Crippen molar-refractivity contribution < 1.29 is 38.7 Å². The zero-order valence-electron chi connectivity index (χ0n) is 6.15. The van der Waals surface area contributed by atoms with E-state index in [1.165, 1.54) is 0 Å². The van der Waals surface area contributed by atoms with Crippen LogP contribution in [0.1, 0.15) is 6.42 Å². The molecule has 0 bridgehead atoms. The summed E-state index contributed by atoms with van der Waals surface area (Å²) >= 11 is 0. The first kappa shape index (κ1) is 12.0. The number of phosphoric acid groups is 1. The highest BCUT2D eigenvalue weighted by atomic mass is 31.2. The largest absolute Gasteiger partial charge is 0.481 e. The second kappa shape index (κ2) is 4.33. The summed E-state index contributed by atoms with van der Waals surface area (Å²) in [5.74, 6) is -3.27. The summed E-state index contributed by atoms with van der Waals surface area (Å²) in [7, 11) is -4.98. The monoisotopic (exact) mass is 214 g/mol. The summed E-state index contributed by atoms with van der Waals surface area (Å²) in [5, 5.41) is 16.4. The Kier molecular flexibility index (Phi) is 4.02. The van der Waals surface area contributed by atoms with Crippen LogP contribution < -0.4 is 0 Å². The average molecular weight is 214 g/mol. The normalized spacial score (nSPS) is 13.7. The molecule has 0 aliphatic heterocycles. The quantitative estimate of drug-likeness (QED) is 0.428. The molecule has 0 rings (SSSR count). The summed E-state index contributed by atoms with van der Waals surface area (Å²) in [6, 6.07) is 0. The minimum atomic E-state index is -4.98. The molecule has 9 heteroatoms. The zero-order valence-corrected chi connectivity index (χ0v) is 7.05. The van der Waals surface area contributed by atoms with Gasteiger partial charge in [0.1, 0.15) is 0 Å². The van der Waals surface area contributed by atoms with E-state index in [1.54, 1.807) is 0 Å². The Hall–Kier alpha value is -0.950. The van der Waals surface area contributed by atoms with Gasteiger partial charge >= 0.3 is 19.8 Å². The van der Waals surface area contributed by atoms with Crippen LogP contribution in [0.15, 0.2) is 0 Å². The first-order chi connectivity index (χ1) is 5.72. The smallest absolute Gasteiger partial charge is 0.470 e. The predicted molar refractivity (Wildman–Crippen MR) is 36.8 cm³/mol. The third kappa shape index (κ3) is 6.23. The number of hydrogen-bond acceptors (Lipinski definition) is 4. The standard InChI is InChI=1S/C4H7O8P/c5-3(6)1-2(4(7)8)12-13(9,10)11/h2H,1H2,(H,5,6)(H,7,8)(H2,9,10,11)/t2-/m0/s1. The molecule has 0 aliphatic carbocycles. The van der Waals surface area contributed by atoms with Gasteiger partial charge in [-0.25, -0.2) is 9.36 Å².